The van der Waals surface area contributed by atoms with Gasteiger partial charge in [0.25, 0.3) is 5.91 Å². The summed E-state index contributed by atoms with van der Waals surface area (Å²) in [7, 11) is 3.29. The summed E-state index contributed by atoms with van der Waals surface area (Å²) in [6.45, 7) is 2.94. The minimum Gasteiger partial charge on any atom is -0.496 e. The third-order valence-corrected chi connectivity index (χ3v) is 2.40. The maximum Gasteiger partial charge on any atom is 0.257 e. The molecule has 0 aliphatic heterocycles. The molecule has 0 atom stereocenters. The molecule has 4 heteroatoms. The Morgan fingerprint density at radius 3 is 2.75 bits per heavy atom. The molecule has 1 aromatic carbocycles. The van der Waals surface area contributed by atoms with Gasteiger partial charge in [-0.15, -0.1) is 0 Å². The van der Waals surface area contributed by atoms with Crippen molar-refractivity contribution in [3.63, 3.8) is 0 Å². The van der Waals surface area contributed by atoms with E-state index in [4.69, 9.17) is 10.5 Å². The third-order valence-electron chi connectivity index (χ3n) is 2.40. The number of aryl methyl sites for hydroxylation is 1. The average Bonchev–Trinajstić information content (AvgIpc) is 2.28. The van der Waals surface area contributed by atoms with Crippen LogP contribution in [0.15, 0.2) is 18.2 Å². The molecule has 0 aliphatic rings. The Morgan fingerprint density at radius 2 is 2.19 bits per heavy atom. The second-order valence-electron chi connectivity index (χ2n) is 3.72. The Kier molecular flexibility index (Phi) is 4.31. The quantitative estimate of drug-likeness (QED) is 0.828. The molecule has 0 spiro atoms. The van der Waals surface area contributed by atoms with Crippen LogP contribution in [0.3, 0.4) is 0 Å². The fourth-order valence-electron chi connectivity index (χ4n) is 1.49. The molecule has 88 valence electrons. The van der Waals surface area contributed by atoms with Crippen molar-refractivity contribution in [2.75, 3.05) is 27.2 Å². The number of benzene rings is 1. The van der Waals surface area contributed by atoms with Crippen LogP contribution in [0.2, 0.25) is 0 Å². The SMILES string of the molecule is COc1ccc(C)cc1C(=O)N(C)CCN. The molecule has 1 amide bonds. The number of likely N-dealkylation sites (N-methyl/N-ethyl adjacent to an activating group) is 1. The predicted octanol–water partition coefficient (Wildman–Crippen LogP) is 1.03. The Labute approximate surface area is 96.0 Å². The summed E-state index contributed by atoms with van der Waals surface area (Å²) in [6.07, 6.45) is 0. The van der Waals surface area contributed by atoms with Gasteiger partial charge >= 0.3 is 0 Å². The number of nitrogens with zero attached hydrogens (tertiary/aromatic N) is 1. The summed E-state index contributed by atoms with van der Waals surface area (Å²) in [5, 5.41) is 0. The first-order valence-corrected chi connectivity index (χ1v) is 5.20. The lowest BCUT2D eigenvalue weighted by molar-refractivity contribution is 0.0795. The number of carbonyl (C=O) groups is 1. The Balaban J connectivity index is 3.01. The smallest absolute Gasteiger partial charge is 0.257 e. The number of methoxy groups -OCH3 is 1. The van der Waals surface area contributed by atoms with Crippen LogP contribution in [0.5, 0.6) is 5.75 Å². The highest BCUT2D eigenvalue weighted by atomic mass is 16.5. The zero-order chi connectivity index (χ0) is 12.1. The maximum atomic E-state index is 12.1. The van der Waals surface area contributed by atoms with E-state index in [0.717, 1.165) is 5.56 Å². The molecule has 4 nitrogen and oxygen atoms in total. The van der Waals surface area contributed by atoms with Crippen LogP contribution < -0.4 is 10.5 Å². The number of rotatable bonds is 4. The molecule has 2 N–H and O–H groups in total. The Hall–Kier alpha value is -1.55. The molecule has 0 radical (unpaired) electrons. The van der Waals surface area contributed by atoms with Crippen LogP contribution in [-0.4, -0.2) is 38.1 Å². The first-order chi connectivity index (χ1) is 7.60. The largest absolute Gasteiger partial charge is 0.496 e. The van der Waals surface area contributed by atoms with Gasteiger partial charge < -0.3 is 15.4 Å². The zero-order valence-electron chi connectivity index (χ0n) is 9.99. The van der Waals surface area contributed by atoms with Gasteiger partial charge in [0.2, 0.25) is 0 Å². The van der Waals surface area contributed by atoms with Gasteiger partial charge in [-0.25, -0.2) is 0 Å². The van der Waals surface area contributed by atoms with Gasteiger partial charge in [0.1, 0.15) is 5.75 Å². The van der Waals surface area contributed by atoms with E-state index < -0.39 is 0 Å². The van der Waals surface area contributed by atoms with Crippen LogP contribution in [-0.2, 0) is 0 Å². The monoisotopic (exact) mass is 222 g/mol. The normalized spacial score (nSPS) is 10.0. The molecule has 1 aromatic rings. The number of nitrogens with two attached hydrogens (primary N) is 1. The molecule has 0 saturated heterocycles. The van der Waals surface area contributed by atoms with Crippen molar-refractivity contribution >= 4 is 5.91 Å². The van der Waals surface area contributed by atoms with Crippen molar-refractivity contribution in [2.45, 2.75) is 6.92 Å². The minimum atomic E-state index is -0.0639. The number of carbonyl (C=O) groups excluding carboxylic acids is 1. The van der Waals surface area contributed by atoms with Gasteiger partial charge in [-0.05, 0) is 19.1 Å². The zero-order valence-corrected chi connectivity index (χ0v) is 9.99. The van der Waals surface area contributed by atoms with Gasteiger partial charge in [0, 0.05) is 20.1 Å². The molecule has 0 unspecified atom stereocenters. The molecule has 0 saturated carbocycles. The highest BCUT2D eigenvalue weighted by molar-refractivity contribution is 5.97. The number of amides is 1. The van der Waals surface area contributed by atoms with E-state index in [9.17, 15) is 4.79 Å². The molecular weight excluding hydrogens is 204 g/mol. The van der Waals surface area contributed by atoms with E-state index in [2.05, 4.69) is 0 Å². The summed E-state index contributed by atoms with van der Waals surface area (Å²) in [6, 6.07) is 5.55. The molecule has 0 heterocycles. The highest BCUT2D eigenvalue weighted by Crippen LogP contribution is 2.20. The standard InChI is InChI=1S/C12H18N2O2/c1-9-4-5-11(16-3)10(8-9)12(15)14(2)7-6-13/h4-5,8H,6-7,13H2,1-3H3. The van der Waals surface area contributed by atoms with E-state index in [1.54, 1.807) is 25.1 Å². The predicted molar refractivity (Wildman–Crippen MR) is 63.7 cm³/mol. The van der Waals surface area contributed by atoms with Gasteiger partial charge in [0.15, 0.2) is 0 Å². The van der Waals surface area contributed by atoms with Crippen LogP contribution in [0.25, 0.3) is 0 Å². The summed E-state index contributed by atoms with van der Waals surface area (Å²) in [5.74, 6) is 0.533. The fraction of sp³-hybridized carbons (Fsp3) is 0.417. The van der Waals surface area contributed by atoms with Crippen molar-refractivity contribution < 1.29 is 9.53 Å². The van der Waals surface area contributed by atoms with Crippen LogP contribution in [0.1, 0.15) is 15.9 Å². The molecule has 0 aromatic heterocycles. The summed E-state index contributed by atoms with van der Waals surface area (Å²) >= 11 is 0. The highest BCUT2D eigenvalue weighted by Gasteiger charge is 2.15. The third kappa shape index (κ3) is 2.73. The number of hydrogen-bond donors (Lipinski definition) is 1. The molecule has 16 heavy (non-hydrogen) atoms. The van der Waals surface area contributed by atoms with E-state index in [-0.39, 0.29) is 5.91 Å². The topological polar surface area (TPSA) is 55.6 Å². The molecule has 0 bridgehead atoms. The van der Waals surface area contributed by atoms with Gasteiger partial charge in [0.05, 0.1) is 12.7 Å². The lowest BCUT2D eigenvalue weighted by atomic mass is 10.1. The van der Waals surface area contributed by atoms with Crippen molar-refractivity contribution in [2.24, 2.45) is 5.73 Å². The van der Waals surface area contributed by atoms with Gasteiger partial charge in [-0.3, -0.25) is 4.79 Å². The lowest BCUT2D eigenvalue weighted by Gasteiger charge is -2.18. The maximum absolute atomic E-state index is 12.1. The first kappa shape index (κ1) is 12.5. The minimum absolute atomic E-state index is 0.0639. The van der Waals surface area contributed by atoms with Crippen molar-refractivity contribution in [3.8, 4) is 5.75 Å². The van der Waals surface area contributed by atoms with Crippen molar-refractivity contribution in [1.29, 1.82) is 0 Å². The van der Waals surface area contributed by atoms with E-state index in [0.29, 0.717) is 24.4 Å². The van der Waals surface area contributed by atoms with E-state index >= 15 is 0 Å². The molecule has 0 aliphatic carbocycles. The molecule has 1 rings (SSSR count). The second-order valence-corrected chi connectivity index (χ2v) is 3.72. The van der Waals surface area contributed by atoms with Gasteiger partial charge in [-0.1, -0.05) is 11.6 Å². The van der Waals surface area contributed by atoms with Crippen LogP contribution in [0, 0.1) is 6.92 Å². The fourth-order valence-corrected chi connectivity index (χ4v) is 1.49. The summed E-state index contributed by atoms with van der Waals surface area (Å²) in [5.41, 5.74) is 7.04. The molecule has 0 fully saturated rings. The van der Waals surface area contributed by atoms with Crippen LogP contribution >= 0.6 is 0 Å². The van der Waals surface area contributed by atoms with Crippen molar-refractivity contribution in [1.82, 2.24) is 4.90 Å². The second kappa shape index (κ2) is 5.51. The Morgan fingerprint density at radius 1 is 1.50 bits per heavy atom. The van der Waals surface area contributed by atoms with Crippen LogP contribution in [0.4, 0.5) is 0 Å². The first-order valence-electron chi connectivity index (χ1n) is 5.20. The van der Waals surface area contributed by atoms with Gasteiger partial charge in [-0.2, -0.15) is 0 Å². The lowest BCUT2D eigenvalue weighted by Crippen LogP contribution is -2.31. The number of ether oxygens (including phenoxy) is 1. The number of hydrogen-bond acceptors (Lipinski definition) is 3. The van der Waals surface area contributed by atoms with E-state index in [1.807, 2.05) is 19.1 Å². The molecular formula is C12H18N2O2. The summed E-state index contributed by atoms with van der Waals surface area (Å²) < 4.78 is 5.17. The Bertz CT molecular complexity index is 377. The van der Waals surface area contributed by atoms with E-state index in [1.165, 1.54) is 0 Å². The average molecular weight is 222 g/mol. The van der Waals surface area contributed by atoms with Crippen molar-refractivity contribution in [3.05, 3.63) is 29.3 Å². The summed E-state index contributed by atoms with van der Waals surface area (Å²) in [4.78, 5) is 13.7.